The van der Waals surface area contributed by atoms with E-state index < -0.39 is 17.9 Å². The van der Waals surface area contributed by atoms with Gasteiger partial charge in [0.05, 0.1) is 0 Å². The van der Waals surface area contributed by atoms with Gasteiger partial charge in [0.15, 0.2) is 0 Å². The molecule has 0 spiro atoms. The van der Waals surface area contributed by atoms with Crippen LogP contribution in [0.25, 0.3) is 0 Å². The van der Waals surface area contributed by atoms with Gasteiger partial charge >= 0.3 is 5.97 Å². The molecule has 1 aromatic heterocycles. The molecule has 0 saturated heterocycles. The van der Waals surface area contributed by atoms with E-state index in [1.165, 1.54) is 11.3 Å². The summed E-state index contributed by atoms with van der Waals surface area (Å²) in [6.45, 7) is 3.67. The zero-order valence-electron chi connectivity index (χ0n) is 11.5. The summed E-state index contributed by atoms with van der Waals surface area (Å²) in [5.41, 5.74) is 0.551. The molecule has 0 saturated carbocycles. The Hall–Kier alpha value is -2.15. The first-order valence-electron chi connectivity index (χ1n) is 6.48. The topological polar surface area (TPSA) is 95.5 Å². The molecule has 7 heteroatoms. The summed E-state index contributed by atoms with van der Waals surface area (Å²) in [5.74, 6) is -1.73. The Bertz CT molecular complexity index is 499. The highest BCUT2D eigenvalue weighted by molar-refractivity contribution is 7.08. The maximum atomic E-state index is 11.6. The van der Waals surface area contributed by atoms with Crippen molar-refractivity contribution in [2.75, 3.05) is 6.54 Å². The standard InChI is InChI=1S/C14H18N2O4S/c1-2-3-4-11(14(19)20)16-12(17)5-7-15-13(18)10-6-8-21-9-10/h2,6,8-9,11H,1,3-5,7H2,(H,15,18)(H,16,17)(H,19,20). The van der Waals surface area contributed by atoms with Crippen molar-refractivity contribution in [3.05, 3.63) is 35.0 Å². The molecule has 6 nitrogen and oxygen atoms in total. The second kappa shape index (κ2) is 8.91. The summed E-state index contributed by atoms with van der Waals surface area (Å²) in [6, 6.07) is 0.763. The summed E-state index contributed by atoms with van der Waals surface area (Å²) in [5, 5.41) is 17.5. The number of allylic oxidation sites excluding steroid dienone is 1. The van der Waals surface area contributed by atoms with Gasteiger partial charge in [-0.3, -0.25) is 9.59 Å². The summed E-state index contributed by atoms with van der Waals surface area (Å²) in [4.78, 5) is 34.2. The molecule has 0 aromatic carbocycles. The quantitative estimate of drug-likeness (QED) is 0.601. The Kier molecular flexibility index (Phi) is 7.17. The Labute approximate surface area is 126 Å². The van der Waals surface area contributed by atoms with Crippen LogP contribution in [-0.4, -0.2) is 35.5 Å². The third-order valence-electron chi connectivity index (χ3n) is 2.71. The molecule has 3 N–H and O–H groups in total. The number of aliphatic carboxylic acids is 1. The van der Waals surface area contributed by atoms with Crippen molar-refractivity contribution >= 4 is 29.1 Å². The lowest BCUT2D eigenvalue weighted by Gasteiger charge is -2.13. The van der Waals surface area contributed by atoms with Crippen molar-refractivity contribution in [3.8, 4) is 0 Å². The predicted molar refractivity (Wildman–Crippen MR) is 80.3 cm³/mol. The normalized spacial score (nSPS) is 11.4. The van der Waals surface area contributed by atoms with Crippen LogP contribution in [0.3, 0.4) is 0 Å². The van der Waals surface area contributed by atoms with E-state index >= 15 is 0 Å². The fraction of sp³-hybridized carbons (Fsp3) is 0.357. The average Bonchev–Trinajstić information content (AvgIpc) is 2.97. The second-order valence-electron chi connectivity index (χ2n) is 4.34. The van der Waals surface area contributed by atoms with Gasteiger partial charge in [0.1, 0.15) is 6.04 Å². The van der Waals surface area contributed by atoms with Crippen LogP contribution in [0, 0.1) is 0 Å². The van der Waals surface area contributed by atoms with Gasteiger partial charge in [-0.05, 0) is 24.3 Å². The Morgan fingerprint density at radius 3 is 2.76 bits per heavy atom. The Morgan fingerprint density at radius 1 is 1.43 bits per heavy atom. The van der Waals surface area contributed by atoms with E-state index in [9.17, 15) is 14.4 Å². The number of rotatable bonds is 9. The highest BCUT2D eigenvalue weighted by Crippen LogP contribution is 2.05. The molecule has 0 radical (unpaired) electrons. The minimum absolute atomic E-state index is 0.0355. The third-order valence-corrected chi connectivity index (χ3v) is 3.40. The first kappa shape index (κ1) is 16.9. The number of hydrogen-bond donors (Lipinski definition) is 3. The molecule has 0 bridgehead atoms. The van der Waals surface area contributed by atoms with Crippen molar-refractivity contribution < 1.29 is 19.5 Å². The van der Waals surface area contributed by atoms with E-state index in [-0.39, 0.29) is 18.9 Å². The number of amides is 2. The molecule has 21 heavy (non-hydrogen) atoms. The fourth-order valence-corrected chi connectivity index (χ4v) is 2.23. The number of carboxylic acids is 1. The molecule has 1 aromatic rings. The van der Waals surface area contributed by atoms with E-state index in [1.54, 1.807) is 22.9 Å². The molecule has 1 rings (SSSR count). The second-order valence-corrected chi connectivity index (χ2v) is 5.12. The highest BCUT2D eigenvalue weighted by Gasteiger charge is 2.18. The smallest absolute Gasteiger partial charge is 0.326 e. The monoisotopic (exact) mass is 310 g/mol. The van der Waals surface area contributed by atoms with Crippen LogP contribution in [-0.2, 0) is 9.59 Å². The van der Waals surface area contributed by atoms with Crippen LogP contribution in [0.5, 0.6) is 0 Å². The summed E-state index contributed by atoms with van der Waals surface area (Å²) in [6.07, 6.45) is 2.44. The molecule has 1 unspecified atom stereocenters. The predicted octanol–water partition coefficient (Wildman–Crippen LogP) is 1.40. The average molecular weight is 310 g/mol. The zero-order valence-corrected chi connectivity index (χ0v) is 12.3. The summed E-state index contributed by atoms with van der Waals surface area (Å²) in [7, 11) is 0. The molecule has 0 aliphatic carbocycles. The molecule has 0 fully saturated rings. The van der Waals surface area contributed by atoms with Crippen molar-refractivity contribution in [2.24, 2.45) is 0 Å². The Balaban J connectivity index is 2.30. The van der Waals surface area contributed by atoms with E-state index in [1.807, 2.05) is 0 Å². The summed E-state index contributed by atoms with van der Waals surface area (Å²) >= 11 is 1.41. The van der Waals surface area contributed by atoms with Crippen LogP contribution < -0.4 is 10.6 Å². The minimum Gasteiger partial charge on any atom is -0.480 e. The van der Waals surface area contributed by atoms with Crippen LogP contribution in [0.15, 0.2) is 29.5 Å². The van der Waals surface area contributed by atoms with Crippen LogP contribution in [0.1, 0.15) is 29.6 Å². The van der Waals surface area contributed by atoms with Crippen molar-refractivity contribution in [1.82, 2.24) is 10.6 Å². The first-order valence-corrected chi connectivity index (χ1v) is 7.42. The maximum Gasteiger partial charge on any atom is 0.326 e. The molecule has 114 valence electrons. The molecule has 1 atom stereocenters. The molecular formula is C14H18N2O4S. The maximum absolute atomic E-state index is 11.6. The van der Waals surface area contributed by atoms with Crippen LogP contribution in [0.2, 0.25) is 0 Å². The van der Waals surface area contributed by atoms with E-state index in [4.69, 9.17) is 5.11 Å². The van der Waals surface area contributed by atoms with Gasteiger partial charge in [-0.25, -0.2) is 4.79 Å². The lowest BCUT2D eigenvalue weighted by molar-refractivity contribution is -0.142. The first-order chi connectivity index (χ1) is 10.0. The molecule has 2 amide bonds. The van der Waals surface area contributed by atoms with Crippen molar-refractivity contribution in [1.29, 1.82) is 0 Å². The number of thiophene rings is 1. The lowest BCUT2D eigenvalue weighted by Crippen LogP contribution is -2.41. The molecule has 0 aliphatic rings. The van der Waals surface area contributed by atoms with Gasteiger partial charge in [0, 0.05) is 23.9 Å². The lowest BCUT2D eigenvalue weighted by atomic mass is 10.1. The number of carbonyl (C=O) groups is 3. The third kappa shape index (κ3) is 6.22. The number of hydrogen-bond acceptors (Lipinski definition) is 4. The largest absolute Gasteiger partial charge is 0.480 e. The van der Waals surface area contributed by atoms with E-state index in [0.717, 1.165) is 0 Å². The minimum atomic E-state index is -1.08. The zero-order chi connectivity index (χ0) is 15.7. The molecule has 0 aliphatic heterocycles. The Morgan fingerprint density at radius 2 is 2.19 bits per heavy atom. The van der Waals surface area contributed by atoms with Gasteiger partial charge in [0.2, 0.25) is 5.91 Å². The van der Waals surface area contributed by atoms with Crippen molar-refractivity contribution in [2.45, 2.75) is 25.3 Å². The number of nitrogens with one attached hydrogen (secondary N) is 2. The highest BCUT2D eigenvalue weighted by atomic mass is 32.1. The van der Waals surface area contributed by atoms with Gasteiger partial charge < -0.3 is 15.7 Å². The van der Waals surface area contributed by atoms with Crippen LogP contribution in [0.4, 0.5) is 0 Å². The van der Waals surface area contributed by atoms with Crippen LogP contribution >= 0.6 is 11.3 Å². The van der Waals surface area contributed by atoms with Crippen molar-refractivity contribution in [3.63, 3.8) is 0 Å². The SMILES string of the molecule is C=CCCC(NC(=O)CCNC(=O)c1ccsc1)C(=O)O. The fourth-order valence-electron chi connectivity index (χ4n) is 1.59. The van der Waals surface area contributed by atoms with E-state index in [0.29, 0.717) is 18.4 Å². The van der Waals surface area contributed by atoms with Gasteiger partial charge in [-0.1, -0.05) is 6.08 Å². The van der Waals surface area contributed by atoms with Gasteiger partial charge in [0.25, 0.3) is 5.91 Å². The van der Waals surface area contributed by atoms with Gasteiger partial charge in [-0.15, -0.1) is 6.58 Å². The van der Waals surface area contributed by atoms with E-state index in [2.05, 4.69) is 17.2 Å². The summed E-state index contributed by atoms with van der Waals surface area (Å²) < 4.78 is 0. The van der Waals surface area contributed by atoms with Gasteiger partial charge in [-0.2, -0.15) is 11.3 Å². The number of carbonyl (C=O) groups excluding carboxylic acids is 2. The molecular weight excluding hydrogens is 292 g/mol. The molecule has 1 heterocycles. The number of carboxylic acid groups (broad SMARTS) is 1.